The summed E-state index contributed by atoms with van der Waals surface area (Å²) in [4.78, 5) is 32.1. The summed E-state index contributed by atoms with van der Waals surface area (Å²) in [5.74, 6) is -0.979. The van der Waals surface area contributed by atoms with Gasteiger partial charge in [0.15, 0.2) is 15.0 Å². The van der Waals surface area contributed by atoms with E-state index in [1.54, 1.807) is 37.8 Å². The fourth-order valence-electron chi connectivity index (χ4n) is 4.28. The SMILES string of the molecule is CC(C)(C)OC(=O)N[C@H](Cc1ccccc1)C(=O)N=C1S[C@H]2CS(=O)(=O)C[C@H]2N1Cc1ccc(F)cc1. The van der Waals surface area contributed by atoms with Crippen LogP contribution in [-0.2, 0) is 32.3 Å². The van der Waals surface area contributed by atoms with Gasteiger partial charge in [0.2, 0.25) is 0 Å². The standard InChI is InChI=1S/C26H30FN3O5S2/c1-26(2,3)35-25(32)28-20(13-17-7-5-4-6-8-17)23(31)29-24-30(14-18-9-11-19(27)12-10-18)21-15-37(33,34)16-22(21)36-24/h4-12,20-22H,13-16H2,1-3H3,(H,28,32)/t20-,21-,22+/m1/s1. The maximum Gasteiger partial charge on any atom is 0.408 e. The van der Waals surface area contributed by atoms with Gasteiger partial charge < -0.3 is 15.0 Å². The van der Waals surface area contributed by atoms with Gasteiger partial charge in [0.25, 0.3) is 5.91 Å². The van der Waals surface area contributed by atoms with E-state index in [0.29, 0.717) is 5.17 Å². The Hall–Kier alpha value is -2.92. The molecule has 11 heteroatoms. The molecule has 2 saturated heterocycles. The predicted octanol–water partition coefficient (Wildman–Crippen LogP) is 3.56. The van der Waals surface area contributed by atoms with Gasteiger partial charge in [-0.2, -0.15) is 4.99 Å². The normalized spacial score (nSPS) is 22.5. The third kappa shape index (κ3) is 7.32. The lowest BCUT2D eigenvalue weighted by atomic mass is 10.1. The monoisotopic (exact) mass is 547 g/mol. The topological polar surface area (TPSA) is 105 Å². The fourth-order valence-corrected chi connectivity index (χ4v) is 8.24. The van der Waals surface area contributed by atoms with Crippen molar-refractivity contribution in [1.82, 2.24) is 10.2 Å². The number of amides is 2. The van der Waals surface area contributed by atoms with Crippen LogP contribution in [0, 0.1) is 5.82 Å². The van der Waals surface area contributed by atoms with E-state index in [2.05, 4.69) is 10.3 Å². The second kappa shape index (κ2) is 10.8. The van der Waals surface area contributed by atoms with Crippen molar-refractivity contribution in [3.63, 3.8) is 0 Å². The van der Waals surface area contributed by atoms with Crippen molar-refractivity contribution in [2.75, 3.05) is 11.5 Å². The second-order valence-electron chi connectivity index (χ2n) is 10.2. The highest BCUT2D eigenvalue weighted by Crippen LogP contribution is 2.39. The van der Waals surface area contributed by atoms with E-state index in [0.717, 1.165) is 11.1 Å². The minimum absolute atomic E-state index is 0.000928. The molecule has 2 aromatic carbocycles. The molecule has 0 radical (unpaired) electrons. The van der Waals surface area contributed by atoms with Gasteiger partial charge in [0, 0.05) is 18.2 Å². The van der Waals surface area contributed by atoms with E-state index in [1.807, 2.05) is 30.3 Å². The maximum atomic E-state index is 13.4. The lowest BCUT2D eigenvalue weighted by Crippen LogP contribution is -2.45. The molecule has 1 N–H and O–H groups in total. The van der Waals surface area contributed by atoms with Gasteiger partial charge in [-0.3, -0.25) is 4.79 Å². The Balaban J connectivity index is 1.60. The molecule has 2 aliphatic rings. The summed E-state index contributed by atoms with van der Waals surface area (Å²) in [7, 11) is -3.22. The Labute approximate surface area is 220 Å². The van der Waals surface area contributed by atoms with Crippen molar-refractivity contribution in [1.29, 1.82) is 0 Å². The Bertz CT molecular complexity index is 1280. The van der Waals surface area contributed by atoms with E-state index >= 15 is 0 Å². The molecule has 2 fully saturated rings. The molecule has 2 aliphatic heterocycles. The number of nitrogens with zero attached hydrogens (tertiary/aromatic N) is 2. The van der Waals surface area contributed by atoms with E-state index in [4.69, 9.17) is 4.74 Å². The highest BCUT2D eigenvalue weighted by atomic mass is 32.2. The van der Waals surface area contributed by atoms with Gasteiger partial charge in [-0.1, -0.05) is 54.2 Å². The molecule has 0 aliphatic carbocycles. The zero-order chi connectivity index (χ0) is 26.8. The molecule has 4 rings (SSSR count). The summed E-state index contributed by atoms with van der Waals surface area (Å²) < 4.78 is 43.4. The summed E-state index contributed by atoms with van der Waals surface area (Å²) in [6, 6.07) is 13.8. The molecule has 2 amide bonds. The van der Waals surface area contributed by atoms with E-state index in [9.17, 15) is 22.4 Å². The first-order valence-electron chi connectivity index (χ1n) is 11.9. The third-order valence-corrected chi connectivity index (χ3v) is 9.17. The average Bonchev–Trinajstić information content (AvgIpc) is 3.25. The molecule has 0 unspecified atom stereocenters. The minimum Gasteiger partial charge on any atom is -0.444 e. The lowest BCUT2D eigenvalue weighted by Gasteiger charge is -2.25. The number of halogens is 1. The first-order chi connectivity index (χ1) is 17.4. The van der Waals surface area contributed by atoms with Crippen LogP contribution in [0.4, 0.5) is 9.18 Å². The minimum atomic E-state index is -3.22. The highest BCUT2D eigenvalue weighted by Gasteiger charge is 2.49. The Kier molecular flexibility index (Phi) is 7.94. The molecule has 0 bridgehead atoms. The van der Waals surface area contributed by atoms with Crippen molar-refractivity contribution in [3.8, 4) is 0 Å². The van der Waals surface area contributed by atoms with Crippen LogP contribution in [0.3, 0.4) is 0 Å². The van der Waals surface area contributed by atoms with Gasteiger partial charge in [-0.25, -0.2) is 17.6 Å². The second-order valence-corrected chi connectivity index (χ2v) is 13.5. The third-order valence-electron chi connectivity index (χ3n) is 5.92. The molecule has 37 heavy (non-hydrogen) atoms. The van der Waals surface area contributed by atoms with Crippen molar-refractivity contribution in [2.45, 2.75) is 56.7 Å². The van der Waals surface area contributed by atoms with Crippen molar-refractivity contribution in [2.24, 2.45) is 4.99 Å². The fraction of sp³-hybridized carbons (Fsp3) is 0.423. The highest BCUT2D eigenvalue weighted by molar-refractivity contribution is 8.15. The first-order valence-corrected chi connectivity index (χ1v) is 14.6. The van der Waals surface area contributed by atoms with Crippen molar-refractivity contribution < 1.29 is 27.1 Å². The molecule has 0 aromatic heterocycles. The molecule has 0 saturated carbocycles. The van der Waals surface area contributed by atoms with Crippen LogP contribution >= 0.6 is 11.8 Å². The molecule has 8 nitrogen and oxygen atoms in total. The number of hydrogen-bond acceptors (Lipinski definition) is 6. The number of aliphatic imine (C=N–C) groups is 1. The van der Waals surface area contributed by atoms with Crippen LogP contribution in [0.1, 0.15) is 31.9 Å². The van der Waals surface area contributed by atoms with Crippen molar-refractivity contribution >= 4 is 38.8 Å². The van der Waals surface area contributed by atoms with Crippen LogP contribution in [0.2, 0.25) is 0 Å². The number of hydrogen-bond donors (Lipinski definition) is 1. The van der Waals surface area contributed by atoms with E-state index < -0.39 is 33.5 Å². The number of amidine groups is 1. The number of alkyl carbamates (subject to hydrolysis) is 1. The lowest BCUT2D eigenvalue weighted by molar-refractivity contribution is -0.119. The first kappa shape index (κ1) is 27.1. The molecule has 198 valence electrons. The van der Waals surface area contributed by atoms with Crippen LogP contribution in [0.15, 0.2) is 59.6 Å². The van der Waals surface area contributed by atoms with Crippen LogP contribution < -0.4 is 5.32 Å². The number of carbonyl (C=O) groups is 2. The number of sulfone groups is 1. The Morgan fingerprint density at radius 2 is 1.78 bits per heavy atom. The number of rotatable bonds is 6. The number of carbonyl (C=O) groups excluding carboxylic acids is 2. The van der Waals surface area contributed by atoms with Crippen LogP contribution in [-0.4, -0.2) is 64.9 Å². The summed E-state index contributed by atoms with van der Waals surface area (Å²) >= 11 is 1.25. The summed E-state index contributed by atoms with van der Waals surface area (Å²) in [6.45, 7) is 5.47. The average molecular weight is 548 g/mol. The quantitative estimate of drug-likeness (QED) is 0.590. The molecule has 2 aromatic rings. The Morgan fingerprint density at radius 1 is 1.11 bits per heavy atom. The van der Waals surface area contributed by atoms with Crippen molar-refractivity contribution in [3.05, 3.63) is 71.5 Å². The Morgan fingerprint density at radius 3 is 2.43 bits per heavy atom. The number of nitrogens with one attached hydrogen (secondary N) is 1. The van der Waals surface area contributed by atoms with E-state index in [1.165, 1.54) is 23.9 Å². The van der Waals surface area contributed by atoms with Crippen LogP contribution in [0.5, 0.6) is 0 Å². The number of benzene rings is 2. The zero-order valence-corrected chi connectivity index (χ0v) is 22.5. The van der Waals surface area contributed by atoms with E-state index in [-0.39, 0.29) is 41.6 Å². The molecular weight excluding hydrogens is 517 g/mol. The van der Waals surface area contributed by atoms with Gasteiger partial charge in [0.1, 0.15) is 17.5 Å². The molecule has 0 spiro atoms. The zero-order valence-electron chi connectivity index (χ0n) is 20.9. The summed E-state index contributed by atoms with van der Waals surface area (Å²) in [5, 5.41) is 2.78. The largest absolute Gasteiger partial charge is 0.444 e. The van der Waals surface area contributed by atoms with Gasteiger partial charge in [-0.15, -0.1) is 0 Å². The summed E-state index contributed by atoms with van der Waals surface area (Å²) in [6.07, 6.45) is -0.522. The summed E-state index contributed by atoms with van der Waals surface area (Å²) in [5.41, 5.74) is 0.856. The number of thioether (sulfide) groups is 1. The number of fused-ring (bicyclic) bond motifs is 1. The van der Waals surface area contributed by atoms with Crippen LogP contribution in [0.25, 0.3) is 0 Å². The maximum absolute atomic E-state index is 13.4. The van der Waals surface area contributed by atoms with Gasteiger partial charge >= 0.3 is 6.09 Å². The van der Waals surface area contributed by atoms with Gasteiger partial charge in [-0.05, 0) is 44.0 Å². The molecule has 2 heterocycles. The predicted molar refractivity (Wildman–Crippen MR) is 142 cm³/mol. The molecule has 3 atom stereocenters. The van der Waals surface area contributed by atoms with Gasteiger partial charge in [0.05, 0.1) is 17.5 Å². The molecular formula is C26H30FN3O5S2. The smallest absolute Gasteiger partial charge is 0.408 e. The number of ether oxygens (including phenoxy) is 1.